The van der Waals surface area contributed by atoms with Gasteiger partial charge >= 0.3 is 7.12 Å². The molecule has 0 saturated heterocycles. The Morgan fingerprint density at radius 1 is 1.20 bits per heavy atom. The Morgan fingerprint density at radius 2 is 2.00 bits per heavy atom. The number of halogens is 1. The van der Waals surface area contributed by atoms with Gasteiger partial charge in [0.15, 0.2) is 11.5 Å². The summed E-state index contributed by atoms with van der Waals surface area (Å²) in [5.41, 5.74) is 2.57. The van der Waals surface area contributed by atoms with Gasteiger partial charge in [-0.05, 0) is 40.9 Å². The third-order valence-corrected chi connectivity index (χ3v) is 4.51. The fourth-order valence-electron chi connectivity index (χ4n) is 2.89. The Labute approximate surface area is 149 Å². The lowest BCUT2D eigenvalue weighted by Crippen LogP contribution is -2.31. The Kier molecular flexibility index (Phi) is 4.29. The number of fused-ring (bicyclic) bond motifs is 2. The van der Waals surface area contributed by atoms with Gasteiger partial charge in [-0.1, -0.05) is 17.7 Å². The maximum absolute atomic E-state index is 12.5. The first-order chi connectivity index (χ1) is 12.1. The van der Waals surface area contributed by atoms with Crippen LogP contribution in [0.15, 0.2) is 30.3 Å². The fourth-order valence-corrected chi connectivity index (χ4v) is 3.17. The van der Waals surface area contributed by atoms with Crippen LogP contribution in [0.25, 0.3) is 0 Å². The minimum Gasteiger partial charge on any atom is -0.486 e. The van der Waals surface area contributed by atoms with Crippen LogP contribution in [0.3, 0.4) is 0 Å². The molecule has 0 saturated carbocycles. The van der Waals surface area contributed by atoms with E-state index in [1.54, 1.807) is 12.1 Å². The van der Waals surface area contributed by atoms with E-state index in [2.05, 4.69) is 5.32 Å². The molecule has 2 aliphatic rings. The molecule has 2 N–H and O–H groups in total. The molecule has 0 unspecified atom stereocenters. The summed E-state index contributed by atoms with van der Waals surface area (Å²) in [4.78, 5) is 12.5. The van der Waals surface area contributed by atoms with Crippen molar-refractivity contribution in [1.29, 1.82) is 0 Å². The zero-order valence-electron chi connectivity index (χ0n) is 13.3. The number of rotatable bonds is 3. The van der Waals surface area contributed by atoms with Gasteiger partial charge in [-0.15, -0.1) is 0 Å². The molecule has 2 aromatic carbocycles. The maximum atomic E-state index is 12.5. The molecule has 6 nitrogen and oxygen atoms in total. The molecule has 128 valence electrons. The molecule has 2 aromatic rings. The summed E-state index contributed by atoms with van der Waals surface area (Å²) in [6, 6.07) is 8.78. The van der Waals surface area contributed by atoms with Crippen molar-refractivity contribution in [3.8, 4) is 11.5 Å². The zero-order valence-corrected chi connectivity index (χ0v) is 14.0. The lowest BCUT2D eigenvalue weighted by molar-refractivity contribution is 0.0951. The highest BCUT2D eigenvalue weighted by Gasteiger charge is 2.29. The van der Waals surface area contributed by atoms with Gasteiger partial charge in [0, 0.05) is 6.54 Å². The highest BCUT2D eigenvalue weighted by molar-refractivity contribution is 6.61. The van der Waals surface area contributed by atoms with E-state index in [1.807, 2.05) is 18.2 Å². The molecule has 0 radical (unpaired) electrons. The summed E-state index contributed by atoms with van der Waals surface area (Å²) in [7, 11) is -1.02. The van der Waals surface area contributed by atoms with Gasteiger partial charge in [0.25, 0.3) is 5.91 Å². The standard InChI is InChI=1S/C17H15BClNO5/c19-14-6-11-9-25-18(22)13(11)7-12(14)17(21)20-8-10-1-2-15-16(5-10)24-4-3-23-15/h1-2,5-7,22H,3-4,8-9H2,(H,20,21). The Bertz CT molecular complexity index is 844. The molecule has 0 bridgehead atoms. The average Bonchev–Trinajstić information content (AvgIpc) is 2.98. The van der Waals surface area contributed by atoms with E-state index < -0.39 is 7.12 Å². The predicted octanol–water partition coefficient (Wildman–Crippen LogP) is 1.26. The van der Waals surface area contributed by atoms with E-state index in [9.17, 15) is 9.82 Å². The molecule has 4 rings (SSSR count). The second-order valence-corrected chi connectivity index (χ2v) is 6.26. The van der Waals surface area contributed by atoms with Crippen molar-refractivity contribution in [2.24, 2.45) is 0 Å². The predicted molar refractivity (Wildman–Crippen MR) is 92.5 cm³/mol. The Balaban J connectivity index is 1.48. The monoisotopic (exact) mass is 359 g/mol. The summed E-state index contributed by atoms with van der Waals surface area (Å²) in [5, 5.41) is 12.9. The topological polar surface area (TPSA) is 77.0 Å². The van der Waals surface area contributed by atoms with E-state index in [4.69, 9.17) is 25.7 Å². The summed E-state index contributed by atoms with van der Waals surface area (Å²) >= 11 is 6.19. The van der Waals surface area contributed by atoms with Crippen LogP contribution in [0.1, 0.15) is 21.5 Å². The first kappa shape index (κ1) is 16.3. The molecule has 2 aliphatic heterocycles. The molecule has 0 atom stereocenters. The summed E-state index contributed by atoms with van der Waals surface area (Å²) in [6.07, 6.45) is 0. The van der Waals surface area contributed by atoms with Crippen LogP contribution in [0.5, 0.6) is 11.5 Å². The van der Waals surface area contributed by atoms with Crippen molar-refractivity contribution in [1.82, 2.24) is 5.32 Å². The molecule has 0 spiro atoms. The van der Waals surface area contributed by atoms with E-state index in [-0.39, 0.29) is 12.5 Å². The average molecular weight is 360 g/mol. The Morgan fingerprint density at radius 3 is 2.84 bits per heavy atom. The van der Waals surface area contributed by atoms with Crippen molar-refractivity contribution < 1.29 is 23.9 Å². The van der Waals surface area contributed by atoms with E-state index in [0.29, 0.717) is 47.3 Å². The molecule has 0 fully saturated rings. The summed E-state index contributed by atoms with van der Waals surface area (Å²) in [5.74, 6) is 1.06. The quantitative estimate of drug-likeness (QED) is 0.807. The second kappa shape index (κ2) is 6.59. The third-order valence-electron chi connectivity index (χ3n) is 4.20. The number of carbonyl (C=O) groups is 1. The van der Waals surface area contributed by atoms with Gasteiger partial charge in [-0.25, -0.2) is 0 Å². The summed E-state index contributed by atoms with van der Waals surface area (Å²) in [6.45, 7) is 1.66. The number of hydrogen-bond donors (Lipinski definition) is 2. The SMILES string of the molecule is O=C(NCc1ccc2c(c1)OCCO2)c1cc2c(cc1Cl)COB2O. The number of hydrogen-bond acceptors (Lipinski definition) is 5. The number of amides is 1. The molecule has 2 heterocycles. The smallest absolute Gasteiger partial charge is 0.486 e. The van der Waals surface area contributed by atoms with Crippen LogP contribution < -0.4 is 20.3 Å². The van der Waals surface area contributed by atoms with Gasteiger partial charge in [0.05, 0.1) is 17.2 Å². The van der Waals surface area contributed by atoms with Crippen molar-refractivity contribution in [2.45, 2.75) is 13.2 Å². The number of nitrogens with one attached hydrogen (secondary N) is 1. The van der Waals surface area contributed by atoms with Crippen molar-refractivity contribution >= 4 is 30.1 Å². The van der Waals surface area contributed by atoms with Gasteiger partial charge in [0.2, 0.25) is 0 Å². The second-order valence-electron chi connectivity index (χ2n) is 5.85. The van der Waals surface area contributed by atoms with Gasteiger partial charge < -0.3 is 24.5 Å². The first-order valence-electron chi connectivity index (χ1n) is 7.90. The molecule has 25 heavy (non-hydrogen) atoms. The minimum absolute atomic E-state index is 0.287. The first-order valence-corrected chi connectivity index (χ1v) is 8.28. The van der Waals surface area contributed by atoms with E-state index in [0.717, 1.165) is 11.1 Å². The van der Waals surface area contributed by atoms with Crippen molar-refractivity contribution in [3.63, 3.8) is 0 Å². The normalized spacial score (nSPS) is 15.0. The van der Waals surface area contributed by atoms with Crippen LogP contribution in [0, 0.1) is 0 Å². The van der Waals surface area contributed by atoms with Crippen LogP contribution in [-0.4, -0.2) is 31.3 Å². The van der Waals surface area contributed by atoms with Gasteiger partial charge in [0.1, 0.15) is 13.2 Å². The lowest BCUT2D eigenvalue weighted by Gasteiger charge is -2.19. The molecular weight excluding hydrogens is 344 g/mol. The van der Waals surface area contributed by atoms with Gasteiger partial charge in [-0.3, -0.25) is 4.79 Å². The van der Waals surface area contributed by atoms with Crippen molar-refractivity contribution in [2.75, 3.05) is 13.2 Å². The molecule has 1 amide bonds. The van der Waals surface area contributed by atoms with E-state index >= 15 is 0 Å². The number of benzene rings is 2. The van der Waals surface area contributed by atoms with Crippen LogP contribution >= 0.6 is 11.6 Å². The highest BCUT2D eigenvalue weighted by Crippen LogP contribution is 2.30. The third kappa shape index (κ3) is 3.18. The molecular formula is C17H15BClNO5. The van der Waals surface area contributed by atoms with E-state index in [1.165, 1.54) is 0 Å². The maximum Gasteiger partial charge on any atom is 0.491 e. The highest BCUT2D eigenvalue weighted by atomic mass is 35.5. The number of carbonyl (C=O) groups excluding carboxylic acids is 1. The van der Waals surface area contributed by atoms with Crippen LogP contribution in [-0.2, 0) is 17.8 Å². The minimum atomic E-state index is -1.02. The van der Waals surface area contributed by atoms with Crippen LogP contribution in [0.4, 0.5) is 0 Å². The molecule has 8 heteroatoms. The largest absolute Gasteiger partial charge is 0.491 e. The fraction of sp³-hybridized carbons (Fsp3) is 0.235. The summed E-state index contributed by atoms with van der Waals surface area (Å²) < 4.78 is 16.1. The lowest BCUT2D eigenvalue weighted by atomic mass is 9.78. The van der Waals surface area contributed by atoms with Gasteiger partial charge in [-0.2, -0.15) is 0 Å². The van der Waals surface area contributed by atoms with Crippen molar-refractivity contribution in [3.05, 3.63) is 52.0 Å². The zero-order chi connectivity index (χ0) is 17.4. The Hall–Kier alpha value is -2.22. The molecule has 0 aromatic heterocycles. The van der Waals surface area contributed by atoms with Crippen LogP contribution in [0.2, 0.25) is 5.02 Å². The number of ether oxygens (including phenoxy) is 2. The molecule has 0 aliphatic carbocycles.